The van der Waals surface area contributed by atoms with E-state index in [1.54, 1.807) is 18.2 Å². The molecule has 2 atom stereocenters. The summed E-state index contributed by atoms with van der Waals surface area (Å²) in [5.74, 6) is -0.865. The molecule has 0 aliphatic carbocycles. The third-order valence-corrected chi connectivity index (χ3v) is 6.64. The molecule has 0 saturated heterocycles. The molecule has 10 nitrogen and oxygen atoms in total. The van der Waals surface area contributed by atoms with Gasteiger partial charge in [-0.2, -0.15) is 0 Å². The molecule has 0 aliphatic rings. The van der Waals surface area contributed by atoms with Crippen LogP contribution < -0.4 is 20.9 Å². The highest BCUT2D eigenvalue weighted by atomic mass is 16.5. The van der Waals surface area contributed by atoms with E-state index in [0.717, 1.165) is 17.8 Å². The summed E-state index contributed by atoms with van der Waals surface area (Å²) >= 11 is 0. The zero-order valence-electron chi connectivity index (χ0n) is 29.3. The van der Waals surface area contributed by atoms with E-state index in [2.05, 4.69) is 35.0 Å². The third kappa shape index (κ3) is 17.4. The van der Waals surface area contributed by atoms with E-state index < -0.39 is 6.04 Å². The molecular formula is C37H54N4O6. The number of amides is 2. The number of hydrogen-bond donors (Lipinski definition) is 3. The quantitative estimate of drug-likeness (QED) is 0.172. The van der Waals surface area contributed by atoms with E-state index >= 15 is 0 Å². The van der Waals surface area contributed by atoms with Gasteiger partial charge >= 0.3 is 5.97 Å². The largest absolute Gasteiger partial charge is 0.468 e. The Morgan fingerprint density at radius 3 is 1.77 bits per heavy atom. The van der Waals surface area contributed by atoms with Crippen LogP contribution in [0, 0.1) is 6.92 Å². The molecule has 47 heavy (non-hydrogen) atoms. The minimum absolute atomic E-state index is 0.175. The summed E-state index contributed by atoms with van der Waals surface area (Å²) in [5, 5.41) is 8.93. The molecule has 0 bridgehead atoms. The number of nitrogens with one attached hydrogen (secondary N) is 3. The van der Waals surface area contributed by atoms with Crippen molar-refractivity contribution >= 4 is 37.0 Å². The Labute approximate surface area is 281 Å². The SMILES string of the molecule is C=O.C=O.CC.CC[C@H](NCCNC(=O)c1cc(C(=O)N[C@H](C)c2ccccc2)cc(N(C)CC)c1)C(=O)OC.Cc1ccccc1. The molecule has 258 valence electrons. The molecule has 0 radical (unpaired) electrons. The van der Waals surface area contributed by atoms with E-state index in [-0.39, 0.29) is 23.8 Å². The van der Waals surface area contributed by atoms with Crippen LogP contribution in [0.25, 0.3) is 0 Å². The van der Waals surface area contributed by atoms with Crippen LogP contribution in [0.2, 0.25) is 0 Å². The smallest absolute Gasteiger partial charge is 0.322 e. The second kappa shape index (κ2) is 27.5. The average Bonchev–Trinajstić information content (AvgIpc) is 3.14. The van der Waals surface area contributed by atoms with Gasteiger partial charge in [0.15, 0.2) is 0 Å². The topological polar surface area (TPSA) is 134 Å². The maximum absolute atomic E-state index is 13.0. The molecule has 2 amide bonds. The van der Waals surface area contributed by atoms with Crippen molar-refractivity contribution in [2.75, 3.05) is 38.7 Å². The minimum Gasteiger partial charge on any atom is -0.468 e. The van der Waals surface area contributed by atoms with Gasteiger partial charge in [-0.15, -0.1) is 0 Å². The Bertz CT molecular complexity index is 1270. The predicted octanol–water partition coefficient (Wildman–Crippen LogP) is 5.56. The van der Waals surface area contributed by atoms with Crippen LogP contribution in [0.4, 0.5) is 5.69 Å². The van der Waals surface area contributed by atoms with Crippen molar-refractivity contribution in [1.82, 2.24) is 16.0 Å². The van der Waals surface area contributed by atoms with Crippen molar-refractivity contribution in [3.63, 3.8) is 0 Å². The van der Waals surface area contributed by atoms with Crippen molar-refractivity contribution < 1.29 is 28.7 Å². The van der Waals surface area contributed by atoms with Gasteiger partial charge in [-0.1, -0.05) is 87.0 Å². The number of anilines is 1. The van der Waals surface area contributed by atoms with E-state index in [1.807, 2.05) is 109 Å². The number of aryl methyl sites for hydroxylation is 1. The number of carbonyl (C=O) groups excluding carboxylic acids is 5. The Kier molecular flexibility index (Phi) is 25.9. The molecule has 0 spiro atoms. The zero-order chi connectivity index (χ0) is 36.2. The standard InChI is InChI=1S/C26H36N4O4.C7H8.C2H6.2CH2O/c1-6-23(26(33)34-5)27-13-14-28-24(31)20-15-21(17-22(16-20)30(4)7-2)25(32)29-18(3)19-11-9-8-10-12-19;1-7-5-3-2-4-6-7;3*1-2/h8-12,15-18,23,27H,6-7,13-14H2,1-5H3,(H,28,31)(H,29,32);2-6H,1H3;1-2H3;2*1H2/t18-,23+;;;;/m1..../s1. The summed E-state index contributed by atoms with van der Waals surface area (Å²) in [6, 6.07) is 24.6. The van der Waals surface area contributed by atoms with Gasteiger partial charge in [0.25, 0.3) is 11.8 Å². The maximum atomic E-state index is 13.0. The van der Waals surface area contributed by atoms with Crippen molar-refractivity contribution in [3.8, 4) is 0 Å². The lowest BCUT2D eigenvalue weighted by atomic mass is 10.1. The summed E-state index contributed by atoms with van der Waals surface area (Å²) in [6.07, 6.45) is 0.589. The molecule has 0 fully saturated rings. The van der Waals surface area contributed by atoms with Gasteiger partial charge in [-0.05, 0) is 51.0 Å². The number of hydrogen-bond acceptors (Lipinski definition) is 8. The molecule has 3 aromatic carbocycles. The van der Waals surface area contributed by atoms with Gasteiger partial charge in [0.05, 0.1) is 13.2 Å². The predicted molar refractivity (Wildman–Crippen MR) is 191 cm³/mol. The molecule has 0 saturated carbocycles. The molecule has 3 N–H and O–H groups in total. The van der Waals surface area contributed by atoms with E-state index in [9.17, 15) is 14.4 Å². The summed E-state index contributed by atoms with van der Waals surface area (Å²) in [4.78, 5) is 55.5. The Balaban J connectivity index is 0. The van der Waals surface area contributed by atoms with Gasteiger partial charge in [0, 0.05) is 43.5 Å². The summed E-state index contributed by atoms with van der Waals surface area (Å²) in [5.41, 5.74) is 3.92. The Morgan fingerprint density at radius 1 is 0.809 bits per heavy atom. The van der Waals surface area contributed by atoms with Gasteiger partial charge < -0.3 is 35.2 Å². The minimum atomic E-state index is -0.412. The first-order valence-corrected chi connectivity index (χ1v) is 15.6. The summed E-state index contributed by atoms with van der Waals surface area (Å²) in [6.45, 7) is 17.4. The fourth-order valence-corrected chi connectivity index (χ4v) is 3.98. The number of benzene rings is 3. The third-order valence-electron chi connectivity index (χ3n) is 6.64. The molecule has 3 rings (SSSR count). The normalized spacial score (nSPS) is 10.6. The highest BCUT2D eigenvalue weighted by Crippen LogP contribution is 2.20. The van der Waals surface area contributed by atoms with E-state index in [4.69, 9.17) is 14.3 Å². The first kappa shape index (κ1) is 44.3. The number of ether oxygens (including phenoxy) is 1. The lowest BCUT2D eigenvalue weighted by molar-refractivity contribution is -0.143. The molecule has 0 aromatic heterocycles. The Hall–Kier alpha value is -4.83. The number of nitrogens with zero attached hydrogens (tertiary/aromatic N) is 1. The second-order valence-electron chi connectivity index (χ2n) is 9.74. The van der Waals surface area contributed by atoms with Gasteiger partial charge in [-0.3, -0.25) is 14.4 Å². The monoisotopic (exact) mass is 650 g/mol. The van der Waals surface area contributed by atoms with Crippen molar-refractivity contribution in [2.45, 2.75) is 60.0 Å². The molecular weight excluding hydrogens is 596 g/mol. The zero-order valence-corrected chi connectivity index (χ0v) is 29.3. The number of methoxy groups -OCH3 is 1. The molecule has 0 aliphatic heterocycles. The highest BCUT2D eigenvalue weighted by molar-refractivity contribution is 6.01. The van der Waals surface area contributed by atoms with Crippen LogP contribution in [0.1, 0.15) is 78.9 Å². The fourth-order valence-electron chi connectivity index (χ4n) is 3.98. The summed E-state index contributed by atoms with van der Waals surface area (Å²) in [7, 11) is 3.26. The number of carbonyl (C=O) groups is 5. The molecule has 10 heteroatoms. The van der Waals surface area contributed by atoms with Crippen LogP contribution in [-0.4, -0.2) is 71.2 Å². The van der Waals surface area contributed by atoms with Crippen molar-refractivity contribution in [1.29, 1.82) is 0 Å². The molecule has 0 heterocycles. The van der Waals surface area contributed by atoms with Crippen LogP contribution >= 0.6 is 0 Å². The fraction of sp³-hybridized carbons (Fsp3) is 0.378. The van der Waals surface area contributed by atoms with Crippen molar-refractivity contribution in [3.05, 3.63) is 101 Å². The van der Waals surface area contributed by atoms with E-state index in [0.29, 0.717) is 30.6 Å². The van der Waals surface area contributed by atoms with Crippen molar-refractivity contribution in [2.24, 2.45) is 0 Å². The Morgan fingerprint density at radius 2 is 1.32 bits per heavy atom. The molecule has 3 aromatic rings. The van der Waals surface area contributed by atoms with Crippen LogP contribution in [0.15, 0.2) is 78.9 Å². The van der Waals surface area contributed by atoms with Gasteiger partial charge in [-0.25, -0.2) is 0 Å². The van der Waals surface area contributed by atoms with Crippen LogP contribution in [0.3, 0.4) is 0 Å². The lowest BCUT2D eigenvalue weighted by Crippen LogP contribution is -2.41. The van der Waals surface area contributed by atoms with Crippen LogP contribution in [-0.2, 0) is 19.1 Å². The number of esters is 1. The first-order chi connectivity index (χ1) is 22.7. The van der Waals surface area contributed by atoms with Gasteiger partial charge in [0.1, 0.15) is 19.6 Å². The second-order valence-corrected chi connectivity index (χ2v) is 9.74. The summed E-state index contributed by atoms with van der Waals surface area (Å²) < 4.78 is 4.76. The number of rotatable bonds is 12. The van der Waals surface area contributed by atoms with Crippen LogP contribution in [0.5, 0.6) is 0 Å². The first-order valence-electron chi connectivity index (χ1n) is 15.6. The van der Waals surface area contributed by atoms with Gasteiger partial charge in [0.2, 0.25) is 0 Å². The lowest BCUT2D eigenvalue weighted by Gasteiger charge is -2.20. The molecule has 0 unspecified atom stereocenters. The maximum Gasteiger partial charge on any atom is 0.322 e. The average molecular weight is 651 g/mol. The highest BCUT2D eigenvalue weighted by Gasteiger charge is 2.18. The van der Waals surface area contributed by atoms with E-state index in [1.165, 1.54) is 12.7 Å².